The van der Waals surface area contributed by atoms with Crippen LogP contribution < -0.4 is 20.1 Å². The van der Waals surface area contributed by atoms with Gasteiger partial charge in [-0.1, -0.05) is 72.9 Å². The van der Waals surface area contributed by atoms with Gasteiger partial charge in [-0.25, -0.2) is 0 Å². The normalized spacial score (nSPS) is 24.3. The monoisotopic (exact) mass is 665 g/mol. The molecular weight excluding hydrogens is 623 g/mol. The third-order valence-corrected chi connectivity index (χ3v) is 15.3. The number of carbonyl (C=O) groups is 2. The molecule has 3 aromatic carbocycles. The summed E-state index contributed by atoms with van der Waals surface area (Å²) >= 11 is 0. The Balaban J connectivity index is 1.23. The highest BCUT2D eigenvalue weighted by molar-refractivity contribution is 6.91. The van der Waals surface area contributed by atoms with Gasteiger partial charge in [0.2, 0.25) is 5.91 Å². The number of aryl methyl sites for hydroxylation is 1. The van der Waals surface area contributed by atoms with Crippen LogP contribution in [-0.4, -0.2) is 66.4 Å². The number of anilines is 2. The van der Waals surface area contributed by atoms with Crippen molar-refractivity contribution in [2.75, 3.05) is 30.5 Å². The van der Waals surface area contributed by atoms with Crippen LogP contribution in [0.4, 0.5) is 11.4 Å². The third-order valence-electron chi connectivity index (χ3n) is 10.9. The van der Waals surface area contributed by atoms with Crippen LogP contribution in [0.3, 0.4) is 0 Å². The zero-order valence-corrected chi connectivity index (χ0v) is 28.9. The van der Waals surface area contributed by atoms with Crippen LogP contribution in [-0.2, 0) is 26.5 Å². The average Bonchev–Trinajstić information content (AvgIpc) is 3.87. The predicted octanol–water partition coefficient (Wildman–Crippen LogP) is 4.80. The molecule has 5 atom stereocenters. The standard InChI is InChI=1S/C37H43N5O5Si/c1-24-35(48(3,4)28-15-13-27(46-2)14-16-28)33(18-20-41-22-32(39-40-41)29(23-43)25-9-6-5-7-10-25)47-37(24)30-21-26(42-19-8-11-34(42)44)12-17-31(30)38-36(37)45/h5-7,9-10,12-17,21-22,24,29,33,35,43H,8,11,18-20,23H2,1-4H3,(H,38,45)/t24-,29?,33+,35-,37+/m0/s1. The summed E-state index contributed by atoms with van der Waals surface area (Å²) in [5, 5.41) is 23.5. The summed E-state index contributed by atoms with van der Waals surface area (Å²) in [5.41, 5.74) is 2.92. The minimum atomic E-state index is -2.31. The first-order chi connectivity index (χ1) is 23.2. The number of nitrogens with zero attached hydrogens (tertiary/aromatic N) is 4. The molecule has 0 radical (unpaired) electrons. The van der Waals surface area contributed by atoms with E-state index in [1.165, 1.54) is 5.19 Å². The lowest BCUT2D eigenvalue weighted by Gasteiger charge is -2.37. The molecule has 3 aliphatic heterocycles. The molecule has 0 aliphatic carbocycles. The Morgan fingerprint density at radius 1 is 1.10 bits per heavy atom. The first kappa shape index (κ1) is 32.2. The SMILES string of the molecule is COc1ccc([Si](C)(C)[C@@H]2[C@@H](CCn3cc(C(CO)c4ccccc4)nn3)O[C@]3(C(=O)Nc4ccc(N5CCCC5=O)cc43)[C@H]2C)cc1. The summed E-state index contributed by atoms with van der Waals surface area (Å²) in [6, 6.07) is 24.0. The number of fused-ring (bicyclic) bond motifs is 2. The van der Waals surface area contributed by atoms with Gasteiger partial charge in [0.25, 0.3) is 5.91 Å². The minimum absolute atomic E-state index is 0.0668. The maximum atomic E-state index is 14.2. The Morgan fingerprint density at radius 2 is 1.88 bits per heavy atom. The summed E-state index contributed by atoms with van der Waals surface area (Å²) < 4.78 is 14.4. The van der Waals surface area contributed by atoms with Crippen LogP contribution in [0.2, 0.25) is 18.6 Å². The lowest BCUT2D eigenvalue weighted by Crippen LogP contribution is -2.51. The smallest absolute Gasteiger partial charge is 0.261 e. The Kier molecular flexibility index (Phi) is 8.47. The second-order valence-corrected chi connectivity index (χ2v) is 18.5. The van der Waals surface area contributed by atoms with Gasteiger partial charge in [-0.05, 0) is 54.3 Å². The number of benzene rings is 3. The second kappa shape index (κ2) is 12.6. The van der Waals surface area contributed by atoms with E-state index in [9.17, 15) is 14.7 Å². The number of aliphatic hydroxyl groups excluding tert-OH is 1. The molecule has 1 spiro atoms. The fourth-order valence-electron chi connectivity index (χ4n) is 8.38. The van der Waals surface area contributed by atoms with Gasteiger partial charge in [0.05, 0.1) is 39.5 Å². The number of hydrogen-bond donors (Lipinski definition) is 2. The van der Waals surface area contributed by atoms with Crippen molar-refractivity contribution in [1.29, 1.82) is 0 Å². The number of nitrogens with one attached hydrogen (secondary N) is 1. The molecule has 10 nitrogen and oxygen atoms in total. The number of carbonyl (C=O) groups excluding carboxylic acids is 2. The van der Waals surface area contributed by atoms with Crippen molar-refractivity contribution in [1.82, 2.24) is 15.0 Å². The summed E-state index contributed by atoms with van der Waals surface area (Å²) in [4.78, 5) is 28.7. The lowest BCUT2D eigenvalue weighted by molar-refractivity contribution is -0.143. The quantitative estimate of drug-likeness (QED) is 0.234. The van der Waals surface area contributed by atoms with Crippen molar-refractivity contribution in [2.24, 2.45) is 5.92 Å². The topological polar surface area (TPSA) is 119 Å². The van der Waals surface area contributed by atoms with Crippen molar-refractivity contribution in [3.63, 3.8) is 0 Å². The van der Waals surface area contributed by atoms with E-state index in [0.717, 1.165) is 34.7 Å². The number of hydrogen-bond acceptors (Lipinski definition) is 7. The summed E-state index contributed by atoms with van der Waals surface area (Å²) in [6.45, 7) is 8.01. The molecule has 7 rings (SSSR count). The Bertz CT molecular complexity index is 1810. The van der Waals surface area contributed by atoms with Crippen LogP contribution in [0.5, 0.6) is 5.75 Å². The fourth-order valence-corrected chi connectivity index (χ4v) is 12.4. The molecule has 11 heteroatoms. The van der Waals surface area contributed by atoms with Crippen molar-refractivity contribution in [3.05, 3.63) is 95.8 Å². The van der Waals surface area contributed by atoms with Gasteiger partial charge in [-0.3, -0.25) is 14.3 Å². The number of methoxy groups -OCH3 is 1. The Morgan fingerprint density at radius 3 is 2.56 bits per heavy atom. The largest absolute Gasteiger partial charge is 0.497 e. The van der Waals surface area contributed by atoms with E-state index in [2.05, 4.69) is 47.8 Å². The van der Waals surface area contributed by atoms with Gasteiger partial charge in [0, 0.05) is 48.6 Å². The molecule has 2 amide bonds. The molecule has 48 heavy (non-hydrogen) atoms. The van der Waals surface area contributed by atoms with Crippen LogP contribution in [0.1, 0.15) is 48.9 Å². The zero-order chi connectivity index (χ0) is 33.6. The van der Waals surface area contributed by atoms with Crippen LogP contribution in [0.15, 0.2) is 79.0 Å². The molecule has 2 saturated heterocycles. The first-order valence-corrected chi connectivity index (χ1v) is 19.9. The first-order valence-electron chi connectivity index (χ1n) is 16.8. The average molecular weight is 666 g/mol. The summed E-state index contributed by atoms with van der Waals surface area (Å²) in [6.07, 6.45) is 3.62. The van der Waals surface area contributed by atoms with Crippen molar-refractivity contribution >= 4 is 36.4 Å². The summed E-state index contributed by atoms with van der Waals surface area (Å²) in [5.74, 6) is 0.335. The van der Waals surface area contributed by atoms with E-state index >= 15 is 0 Å². The van der Waals surface area contributed by atoms with Crippen LogP contribution in [0, 0.1) is 5.92 Å². The molecule has 1 aromatic heterocycles. The molecule has 2 fully saturated rings. The highest BCUT2D eigenvalue weighted by atomic mass is 28.3. The van der Waals surface area contributed by atoms with Crippen molar-refractivity contribution in [2.45, 2.75) is 69.0 Å². The zero-order valence-electron chi connectivity index (χ0n) is 27.9. The number of rotatable bonds is 10. The van der Waals surface area contributed by atoms with Gasteiger partial charge in [-0.2, -0.15) is 0 Å². The lowest BCUT2D eigenvalue weighted by atomic mass is 9.82. The maximum Gasteiger partial charge on any atom is 0.261 e. The molecule has 4 aromatic rings. The fraction of sp³-hybridized carbons (Fsp3) is 0.405. The second-order valence-electron chi connectivity index (χ2n) is 13.8. The molecule has 4 heterocycles. The Labute approximate surface area is 282 Å². The van der Waals surface area contributed by atoms with E-state index in [4.69, 9.17) is 9.47 Å². The third kappa shape index (κ3) is 5.34. The van der Waals surface area contributed by atoms with E-state index in [1.54, 1.807) is 7.11 Å². The molecule has 0 saturated carbocycles. The van der Waals surface area contributed by atoms with Crippen LogP contribution >= 0.6 is 0 Å². The molecule has 1 unspecified atom stereocenters. The van der Waals surface area contributed by atoms with Gasteiger partial charge < -0.3 is 24.8 Å². The highest BCUT2D eigenvalue weighted by Gasteiger charge is 2.64. The van der Waals surface area contributed by atoms with E-state index in [-0.39, 0.29) is 41.9 Å². The van der Waals surface area contributed by atoms with Gasteiger partial charge in [-0.15, -0.1) is 5.10 Å². The van der Waals surface area contributed by atoms with Gasteiger partial charge in [0.15, 0.2) is 5.60 Å². The minimum Gasteiger partial charge on any atom is -0.497 e. The number of ether oxygens (including phenoxy) is 2. The van der Waals surface area contributed by atoms with E-state index in [1.807, 2.05) is 76.4 Å². The van der Waals surface area contributed by atoms with Gasteiger partial charge >= 0.3 is 0 Å². The predicted molar refractivity (Wildman–Crippen MR) is 186 cm³/mol. The molecule has 0 bridgehead atoms. The van der Waals surface area contributed by atoms with Crippen molar-refractivity contribution < 1.29 is 24.2 Å². The van der Waals surface area contributed by atoms with E-state index < -0.39 is 13.7 Å². The Hall–Kier alpha value is -4.32. The molecular formula is C37H43N5O5Si. The molecule has 250 valence electrons. The number of aromatic nitrogens is 3. The van der Waals surface area contributed by atoms with E-state index in [0.29, 0.717) is 31.6 Å². The summed E-state index contributed by atoms with van der Waals surface area (Å²) in [7, 11) is -0.638. The maximum absolute atomic E-state index is 14.2. The molecule has 2 N–H and O–H groups in total. The number of amides is 2. The van der Waals surface area contributed by atoms with Crippen LogP contribution in [0.25, 0.3) is 0 Å². The number of aliphatic hydroxyl groups is 1. The van der Waals surface area contributed by atoms with Crippen molar-refractivity contribution in [3.8, 4) is 5.75 Å². The molecule has 3 aliphatic rings. The van der Waals surface area contributed by atoms with Gasteiger partial charge in [0.1, 0.15) is 5.75 Å². The highest BCUT2D eigenvalue weighted by Crippen LogP contribution is 2.59.